The molecule has 110 valence electrons. The highest BCUT2D eigenvalue weighted by atomic mass is 79.9. The number of carbonyl (C=O) groups is 1. The second-order valence-electron chi connectivity index (χ2n) is 4.56. The maximum atomic E-state index is 12.0. The number of aryl methyl sites for hydroxylation is 1. The molecular weight excluding hydrogens is 332 g/mol. The third kappa shape index (κ3) is 4.90. The fourth-order valence-corrected chi connectivity index (χ4v) is 1.99. The van der Waals surface area contributed by atoms with E-state index in [4.69, 9.17) is 9.15 Å². The van der Waals surface area contributed by atoms with Crippen molar-refractivity contribution in [3.63, 3.8) is 0 Å². The van der Waals surface area contributed by atoms with Crippen molar-refractivity contribution in [1.82, 2.24) is 0 Å². The monoisotopic (exact) mass is 348 g/mol. The van der Waals surface area contributed by atoms with Gasteiger partial charge in [0.1, 0.15) is 17.3 Å². The Morgan fingerprint density at radius 1 is 1.24 bits per heavy atom. The van der Waals surface area contributed by atoms with Gasteiger partial charge in [0.05, 0.1) is 6.61 Å². The van der Waals surface area contributed by atoms with Crippen LogP contribution >= 0.6 is 15.9 Å². The molecule has 1 heterocycles. The Hall–Kier alpha value is -1.81. The molecule has 21 heavy (non-hydrogen) atoms. The molecule has 1 aromatic carbocycles. The van der Waals surface area contributed by atoms with Crippen molar-refractivity contribution >= 4 is 27.8 Å². The van der Waals surface area contributed by atoms with Crippen molar-refractivity contribution in [1.29, 1.82) is 0 Å². The van der Waals surface area contributed by atoms with E-state index in [0.717, 1.165) is 23.3 Å². The molecule has 0 spiro atoms. The number of allylic oxidation sites excluding steroid dienone is 1. The molecule has 0 unspecified atom stereocenters. The van der Waals surface area contributed by atoms with Crippen LogP contribution in [0.3, 0.4) is 0 Å². The first-order valence-corrected chi connectivity index (χ1v) is 7.89. The van der Waals surface area contributed by atoms with E-state index in [9.17, 15) is 4.79 Å². The summed E-state index contributed by atoms with van der Waals surface area (Å²) in [5.74, 6) is 2.22. The van der Waals surface area contributed by atoms with Gasteiger partial charge in [0.25, 0.3) is 0 Å². The van der Waals surface area contributed by atoms with Gasteiger partial charge in [-0.2, -0.15) is 0 Å². The lowest BCUT2D eigenvalue weighted by atomic mass is 10.1. The number of alkyl halides is 1. The molecule has 0 saturated heterocycles. The second kappa shape index (κ2) is 7.84. The molecule has 2 rings (SSSR count). The number of furan rings is 1. The number of hydrogen-bond acceptors (Lipinski definition) is 3. The Balaban J connectivity index is 1.94. The highest BCUT2D eigenvalue weighted by Gasteiger charge is 2.03. The van der Waals surface area contributed by atoms with Crippen LogP contribution in [-0.2, 0) is 0 Å². The Morgan fingerprint density at radius 2 is 2.00 bits per heavy atom. The molecule has 0 atom stereocenters. The standard InChI is InChI=1S/C17H17BrO3/c1-13-3-6-16(21-13)9-10-17(19)14-4-7-15(8-5-14)20-12-2-11-18/h3-10H,2,11-12H2,1H3/b10-9+. The minimum Gasteiger partial charge on any atom is -0.494 e. The summed E-state index contributed by atoms with van der Waals surface area (Å²) in [5, 5.41) is 0.917. The number of carbonyl (C=O) groups excluding carboxylic acids is 1. The molecule has 0 N–H and O–H groups in total. The van der Waals surface area contributed by atoms with Crippen LogP contribution in [0.5, 0.6) is 5.75 Å². The normalized spacial score (nSPS) is 11.0. The minimum atomic E-state index is -0.0592. The number of halogens is 1. The topological polar surface area (TPSA) is 39.4 Å². The molecule has 0 aliphatic heterocycles. The highest BCUT2D eigenvalue weighted by Crippen LogP contribution is 2.14. The van der Waals surface area contributed by atoms with E-state index in [-0.39, 0.29) is 5.78 Å². The Morgan fingerprint density at radius 3 is 2.62 bits per heavy atom. The van der Waals surface area contributed by atoms with E-state index in [1.165, 1.54) is 6.08 Å². The molecule has 0 aliphatic rings. The maximum Gasteiger partial charge on any atom is 0.185 e. The second-order valence-corrected chi connectivity index (χ2v) is 5.35. The van der Waals surface area contributed by atoms with Crippen molar-refractivity contribution < 1.29 is 13.9 Å². The van der Waals surface area contributed by atoms with E-state index >= 15 is 0 Å². The highest BCUT2D eigenvalue weighted by molar-refractivity contribution is 9.09. The van der Waals surface area contributed by atoms with Crippen molar-refractivity contribution in [2.75, 3.05) is 11.9 Å². The summed E-state index contributed by atoms with van der Waals surface area (Å²) >= 11 is 3.35. The predicted molar refractivity (Wildman–Crippen MR) is 87.2 cm³/mol. The summed E-state index contributed by atoms with van der Waals surface area (Å²) in [7, 11) is 0. The zero-order valence-corrected chi connectivity index (χ0v) is 13.4. The van der Waals surface area contributed by atoms with Gasteiger partial charge < -0.3 is 9.15 Å². The molecule has 1 aromatic heterocycles. The van der Waals surface area contributed by atoms with Crippen molar-refractivity contribution in [2.45, 2.75) is 13.3 Å². The quantitative estimate of drug-likeness (QED) is 0.316. The van der Waals surface area contributed by atoms with E-state index in [0.29, 0.717) is 17.9 Å². The molecule has 3 nitrogen and oxygen atoms in total. The Labute approximate surface area is 132 Å². The van der Waals surface area contributed by atoms with Gasteiger partial charge in [-0.05, 0) is 61.9 Å². The molecule has 2 aromatic rings. The summed E-state index contributed by atoms with van der Waals surface area (Å²) in [4.78, 5) is 12.0. The number of rotatable bonds is 7. The van der Waals surface area contributed by atoms with Crippen LogP contribution in [0.1, 0.15) is 28.3 Å². The molecule has 0 aliphatic carbocycles. The Kier molecular flexibility index (Phi) is 5.81. The van der Waals surface area contributed by atoms with Gasteiger partial charge in [0.15, 0.2) is 5.78 Å². The lowest BCUT2D eigenvalue weighted by Crippen LogP contribution is -1.99. The van der Waals surface area contributed by atoms with E-state index in [1.807, 2.05) is 31.2 Å². The van der Waals surface area contributed by atoms with Crippen molar-refractivity contribution in [2.24, 2.45) is 0 Å². The largest absolute Gasteiger partial charge is 0.494 e. The van der Waals surface area contributed by atoms with Gasteiger partial charge in [-0.15, -0.1) is 0 Å². The van der Waals surface area contributed by atoms with Crippen LogP contribution in [0, 0.1) is 6.92 Å². The number of ketones is 1. The first-order valence-electron chi connectivity index (χ1n) is 6.77. The number of hydrogen-bond donors (Lipinski definition) is 0. The van der Waals surface area contributed by atoms with Gasteiger partial charge >= 0.3 is 0 Å². The molecule has 0 amide bonds. The van der Waals surface area contributed by atoms with E-state index in [1.54, 1.807) is 18.2 Å². The molecular formula is C17H17BrO3. The number of ether oxygens (including phenoxy) is 1. The number of benzene rings is 1. The minimum absolute atomic E-state index is 0.0592. The third-order valence-electron chi connectivity index (χ3n) is 2.85. The maximum absolute atomic E-state index is 12.0. The molecule has 0 fully saturated rings. The van der Waals surface area contributed by atoms with Crippen LogP contribution < -0.4 is 4.74 Å². The lowest BCUT2D eigenvalue weighted by Gasteiger charge is -2.05. The van der Waals surface area contributed by atoms with Gasteiger partial charge in [-0.25, -0.2) is 0 Å². The summed E-state index contributed by atoms with van der Waals surface area (Å²) in [6, 6.07) is 10.9. The van der Waals surface area contributed by atoms with Crippen LogP contribution in [0.4, 0.5) is 0 Å². The third-order valence-corrected chi connectivity index (χ3v) is 3.41. The zero-order valence-electron chi connectivity index (χ0n) is 11.8. The Bertz CT molecular complexity index is 611. The average Bonchev–Trinajstić information content (AvgIpc) is 2.91. The summed E-state index contributed by atoms with van der Waals surface area (Å²) in [6.07, 6.45) is 4.14. The van der Waals surface area contributed by atoms with E-state index < -0.39 is 0 Å². The lowest BCUT2D eigenvalue weighted by molar-refractivity contribution is 0.104. The molecule has 0 saturated carbocycles. The first kappa shape index (κ1) is 15.6. The SMILES string of the molecule is Cc1ccc(/C=C/C(=O)c2ccc(OCCCBr)cc2)o1. The van der Waals surface area contributed by atoms with Crippen molar-refractivity contribution in [3.8, 4) is 5.75 Å². The van der Waals surface area contributed by atoms with Crippen LogP contribution in [0.2, 0.25) is 0 Å². The fraction of sp³-hybridized carbons (Fsp3) is 0.235. The van der Waals surface area contributed by atoms with Gasteiger partial charge in [-0.3, -0.25) is 4.79 Å². The average molecular weight is 349 g/mol. The molecule has 0 radical (unpaired) electrons. The summed E-state index contributed by atoms with van der Waals surface area (Å²) in [6.45, 7) is 2.53. The van der Waals surface area contributed by atoms with Gasteiger partial charge in [0, 0.05) is 10.9 Å². The zero-order chi connectivity index (χ0) is 15.1. The van der Waals surface area contributed by atoms with Gasteiger partial charge in [0.2, 0.25) is 0 Å². The van der Waals surface area contributed by atoms with Crippen LogP contribution in [0.25, 0.3) is 6.08 Å². The summed E-state index contributed by atoms with van der Waals surface area (Å²) < 4.78 is 10.9. The fourth-order valence-electron chi connectivity index (χ4n) is 1.76. The van der Waals surface area contributed by atoms with Crippen LogP contribution in [-0.4, -0.2) is 17.7 Å². The molecule has 4 heteroatoms. The smallest absolute Gasteiger partial charge is 0.185 e. The van der Waals surface area contributed by atoms with Crippen molar-refractivity contribution in [3.05, 3.63) is 59.6 Å². The molecule has 0 bridgehead atoms. The predicted octanol–water partition coefficient (Wildman–Crippen LogP) is 4.65. The van der Waals surface area contributed by atoms with E-state index in [2.05, 4.69) is 15.9 Å². The summed E-state index contributed by atoms with van der Waals surface area (Å²) in [5.41, 5.74) is 0.627. The first-order chi connectivity index (χ1) is 10.2. The van der Waals surface area contributed by atoms with Gasteiger partial charge in [-0.1, -0.05) is 15.9 Å². The van der Waals surface area contributed by atoms with Crippen LogP contribution in [0.15, 0.2) is 46.9 Å².